The molecule has 0 amide bonds. The number of aromatic nitrogens is 1. The molecule has 1 aliphatic rings. The Morgan fingerprint density at radius 2 is 2.04 bits per heavy atom. The van der Waals surface area contributed by atoms with E-state index in [1.165, 1.54) is 5.56 Å². The van der Waals surface area contributed by atoms with Crippen LogP contribution in [0, 0.1) is 0 Å². The van der Waals surface area contributed by atoms with E-state index in [9.17, 15) is 8.42 Å². The number of para-hydroxylation sites is 1. The third-order valence-corrected chi connectivity index (χ3v) is 7.57. The molecule has 2 heterocycles. The highest BCUT2D eigenvalue weighted by atomic mass is 127. The van der Waals surface area contributed by atoms with Crippen molar-refractivity contribution >= 4 is 50.7 Å². The van der Waals surface area contributed by atoms with Crippen LogP contribution < -0.4 is 5.32 Å². The van der Waals surface area contributed by atoms with Gasteiger partial charge in [-0.2, -0.15) is 0 Å². The molecule has 0 radical (unpaired) electrons. The van der Waals surface area contributed by atoms with Gasteiger partial charge >= 0.3 is 0 Å². The minimum absolute atomic E-state index is 0. The number of halogens is 1. The molecular weight excluding hydrogens is 487 g/mol. The average molecular weight is 516 g/mol. The number of pyridine rings is 1. The Hall–Kier alpha value is -1.42. The maximum absolute atomic E-state index is 12.3. The van der Waals surface area contributed by atoms with Gasteiger partial charge in [0.15, 0.2) is 15.8 Å². The molecule has 1 aliphatic heterocycles. The normalized spacial score (nSPS) is 18.5. The summed E-state index contributed by atoms with van der Waals surface area (Å²) >= 11 is 0. The third kappa shape index (κ3) is 4.94. The molecular formula is C20H29IN4O2S. The monoisotopic (exact) mass is 516 g/mol. The van der Waals surface area contributed by atoms with E-state index in [0.717, 1.165) is 29.8 Å². The van der Waals surface area contributed by atoms with Crippen LogP contribution >= 0.6 is 24.0 Å². The molecule has 6 nitrogen and oxygen atoms in total. The number of hydrogen-bond donors (Lipinski definition) is 1. The van der Waals surface area contributed by atoms with Gasteiger partial charge in [-0.1, -0.05) is 24.3 Å². The van der Waals surface area contributed by atoms with E-state index >= 15 is 0 Å². The van der Waals surface area contributed by atoms with Crippen molar-refractivity contribution in [1.82, 2.24) is 15.2 Å². The summed E-state index contributed by atoms with van der Waals surface area (Å²) in [5, 5.41) is 4.44. The van der Waals surface area contributed by atoms with Crippen LogP contribution in [0.2, 0.25) is 0 Å². The first kappa shape index (κ1) is 22.9. The molecule has 154 valence electrons. The quantitative estimate of drug-likeness (QED) is 0.385. The lowest BCUT2D eigenvalue weighted by atomic mass is 10.1. The second-order valence-corrected chi connectivity index (χ2v) is 10.2. The molecule has 0 spiro atoms. The lowest BCUT2D eigenvalue weighted by Gasteiger charge is -2.39. The summed E-state index contributed by atoms with van der Waals surface area (Å²) in [6.45, 7) is 7.92. The van der Waals surface area contributed by atoms with Crippen molar-refractivity contribution in [2.24, 2.45) is 4.99 Å². The van der Waals surface area contributed by atoms with E-state index in [1.807, 2.05) is 25.3 Å². The van der Waals surface area contributed by atoms with Gasteiger partial charge < -0.3 is 10.2 Å². The van der Waals surface area contributed by atoms with Gasteiger partial charge in [-0.05, 0) is 38.8 Å². The van der Waals surface area contributed by atoms with Gasteiger partial charge in [-0.25, -0.2) is 8.42 Å². The van der Waals surface area contributed by atoms with Gasteiger partial charge in [-0.3, -0.25) is 9.98 Å². The molecule has 3 rings (SSSR count). The number of nitrogens with one attached hydrogen (secondary N) is 1. The predicted octanol–water partition coefficient (Wildman–Crippen LogP) is 2.87. The number of sulfone groups is 1. The first-order chi connectivity index (χ1) is 12.8. The average Bonchev–Trinajstić information content (AvgIpc) is 2.63. The SMILES string of the molecule is CCNC(=NCCc1cccc2cccnc12)N1CCS(=O)(=O)C(C)(C)C1.I. The van der Waals surface area contributed by atoms with E-state index in [0.29, 0.717) is 19.6 Å². The summed E-state index contributed by atoms with van der Waals surface area (Å²) in [5.74, 6) is 0.950. The minimum atomic E-state index is -3.06. The summed E-state index contributed by atoms with van der Waals surface area (Å²) < 4.78 is 23.8. The third-order valence-electron chi connectivity index (χ3n) is 5.04. The molecule has 1 saturated heterocycles. The number of nitrogens with zero attached hydrogens (tertiary/aromatic N) is 3. The van der Waals surface area contributed by atoms with Crippen molar-refractivity contribution in [3.05, 3.63) is 42.1 Å². The maximum Gasteiger partial charge on any atom is 0.194 e. The predicted molar refractivity (Wildman–Crippen MR) is 126 cm³/mol. The first-order valence-electron chi connectivity index (χ1n) is 9.42. The lowest BCUT2D eigenvalue weighted by Crippen LogP contribution is -2.57. The van der Waals surface area contributed by atoms with E-state index in [-0.39, 0.29) is 29.7 Å². The molecule has 0 unspecified atom stereocenters. The van der Waals surface area contributed by atoms with Crippen molar-refractivity contribution in [3.63, 3.8) is 0 Å². The van der Waals surface area contributed by atoms with Gasteiger partial charge in [0.2, 0.25) is 0 Å². The molecule has 0 aliphatic carbocycles. The highest BCUT2D eigenvalue weighted by molar-refractivity contribution is 14.0. The van der Waals surface area contributed by atoms with E-state index < -0.39 is 14.6 Å². The fourth-order valence-corrected chi connectivity index (χ4v) is 4.77. The van der Waals surface area contributed by atoms with Gasteiger partial charge in [0, 0.05) is 37.8 Å². The lowest BCUT2D eigenvalue weighted by molar-refractivity contribution is 0.353. The summed E-state index contributed by atoms with van der Waals surface area (Å²) in [5.41, 5.74) is 2.19. The largest absolute Gasteiger partial charge is 0.357 e. The van der Waals surface area contributed by atoms with Crippen LogP contribution in [0.5, 0.6) is 0 Å². The van der Waals surface area contributed by atoms with Crippen molar-refractivity contribution in [2.75, 3.05) is 31.9 Å². The van der Waals surface area contributed by atoms with E-state index in [2.05, 4.69) is 33.4 Å². The highest BCUT2D eigenvalue weighted by Gasteiger charge is 2.40. The van der Waals surface area contributed by atoms with E-state index in [4.69, 9.17) is 4.99 Å². The second-order valence-electron chi connectivity index (χ2n) is 7.48. The van der Waals surface area contributed by atoms with Crippen LogP contribution in [0.15, 0.2) is 41.5 Å². The van der Waals surface area contributed by atoms with Gasteiger partial charge in [0.05, 0.1) is 16.0 Å². The highest BCUT2D eigenvalue weighted by Crippen LogP contribution is 2.24. The van der Waals surface area contributed by atoms with Crippen LogP contribution in [-0.4, -0.2) is 60.9 Å². The summed E-state index contributed by atoms with van der Waals surface area (Å²) in [4.78, 5) is 11.3. The van der Waals surface area contributed by atoms with Crippen LogP contribution in [0.3, 0.4) is 0 Å². The van der Waals surface area contributed by atoms with Gasteiger partial charge in [0.25, 0.3) is 0 Å². The Morgan fingerprint density at radius 1 is 1.29 bits per heavy atom. The molecule has 1 N–H and O–H groups in total. The zero-order valence-corrected chi connectivity index (χ0v) is 19.8. The molecule has 1 aromatic carbocycles. The molecule has 1 fully saturated rings. The number of rotatable bonds is 4. The van der Waals surface area contributed by atoms with Crippen LogP contribution in [0.25, 0.3) is 10.9 Å². The van der Waals surface area contributed by atoms with Crippen LogP contribution in [0.1, 0.15) is 26.3 Å². The van der Waals surface area contributed by atoms with Crippen LogP contribution in [-0.2, 0) is 16.3 Å². The second kappa shape index (κ2) is 9.39. The number of benzene rings is 1. The fourth-order valence-electron chi connectivity index (χ4n) is 3.40. The molecule has 8 heteroatoms. The minimum Gasteiger partial charge on any atom is -0.357 e. The molecule has 2 aromatic rings. The molecule has 28 heavy (non-hydrogen) atoms. The standard InChI is InChI=1S/C20H28N4O2S.HI/c1-4-21-19(24-13-14-27(25,26)20(2,3)15-24)23-12-10-17-8-5-7-16-9-6-11-22-18(16)17;/h5-9,11H,4,10,12-15H2,1-3H3,(H,21,23);1H. The Kier molecular flexibility index (Phi) is 7.66. The Labute approximate surface area is 184 Å². The van der Waals surface area contributed by atoms with Crippen molar-refractivity contribution in [2.45, 2.75) is 31.9 Å². The fraction of sp³-hybridized carbons (Fsp3) is 0.500. The Balaban J connectivity index is 0.00000280. The number of fused-ring (bicyclic) bond motifs is 1. The maximum atomic E-state index is 12.3. The van der Waals surface area contributed by atoms with E-state index in [1.54, 1.807) is 13.8 Å². The molecule has 0 bridgehead atoms. The van der Waals surface area contributed by atoms with Crippen molar-refractivity contribution < 1.29 is 8.42 Å². The van der Waals surface area contributed by atoms with Gasteiger partial charge in [-0.15, -0.1) is 24.0 Å². The van der Waals surface area contributed by atoms with Crippen molar-refractivity contribution in [3.8, 4) is 0 Å². The van der Waals surface area contributed by atoms with Gasteiger partial charge in [0.1, 0.15) is 0 Å². The Morgan fingerprint density at radius 3 is 2.75 bits per heavy atom. The summed E-state index contributed by atoms with van der Waals surface area (Å²) in [6.07, 6.45) is 2.61. The zero-order chi connectivity index (χ0) is 19.5. The first-order valence-corrected chi connectivity index (χ1v) is 11.1. The topological polar surface area (TPSA) is 74.7 Å². The van der Waals surface area contributed by atoms with Crippen LogP contribution in [0.4, 0.5) is 0 Å². The summed E-state index contributed by atoms with van der Waals surface area (Å²) in [7, 11) is -3.06. The number of hydrogen-bond acceptors (Lipinski definition) is 4. The summed E-state index contributed by atoms with van der Waals surface area (Å²) in [6, 6.07) is 10.2. The Bertz CT molecular complexity index is 939. The number of aliphatic imine (C=N–C) groups is 1. The molecule has 0 atom stereocenters. The zero-order valence-electron chi connectivity index (χ0n) is 16.7. The molecule has 0 saturated carbocycles. The van der Waals surface area contributed by atoms with Crippen molar-refractivity contribution in [1.29, 1.82) is 0 Å². The number of guanidine groups is 1. The molecule has 1 aromatic heterocycles. The smallest absolute Gasteiger partial charge is 0.194 e.